The Morgan fingerprint density at radius 3 is 2.67 bits per heavy atom. The molecule has 0 atom stereocenters. The molecule has 0 aliphatic carbocycles. The van der Waals surface area contributed by atoms with E-state index < -0.39 is 17.2 Å². The van der Waals surface area contributed by atoms with E-state index in [2.05, 4.69) is 0 Å². The van der Waals surface area contributed by atoms with Crippen molar-refractivity contribution in [3.05, 3.63) is 29.3 Å². The van der Waals surface area contributed by atoms with Gasteiger partial charge in [0.1, 0.15) is 6.07 Å². The van der Waals surface area contributed by atoms with E-state index in [1.54, 1.807) is 11.0 Å². The predicted molar refractivity (Wildman–Crippen MR) is 63.3 cm³/mol. The lowest BCUT2D eigenvalue weighted by atomic mass is 10.1. The first-order chi connectivity index (χ1) is 8.44. The van der Waals surface area contributed by atoms with Crippen molar-refractivity contribution in [2.45, 2.75) is 19.4 Å². The summed E-state index contributed by atoms with van der Waals surface area (Å²) in [6.45, 7) is 5.25. The van der Waals surface area contributed by atoms with Gasteiger partial charge in [0, 0.05) is 13.1 Å². The summed E-state index contributed by atoms with van der Waals surface area (Å²) in [5.41, 5.74) is -0.485. The highest BCUT2D eigenvalue weighted by Gasteiger charge is 2.29. The molecule has 0 unspecified atom stereocenters. The van der Waals surface area contributed by atoms with Gasteiger partial charge in [-0.25, -0.2) is 8.78 Å². The van der Waals surface area contributed by atoms with Crippen LogP contribution in [0.25, 0.3) is 0 Å². The lowest BCUT2D eigenvalue weighted by molar-refractivity contribution is -0.0278. The molecule has 0 aromatic heterocycles. The van der Waals surface area contributed by atoms with Gasteiger partial charge >= 0.3 is 0 Å². The summed E-state index contributed by atoms with van der Waals surface area (Å²) in [4.78, 5) is 1.74. The SMILES string of the molecule is CC1(C)CN(c2ccc(C#N)c(F)c2F)CCO1. The molecule has 1 heterocycles. The highest BCUT2D eigenvalue weighted by molar-refractivity contribution is 5.52. The summed E-state index contributed by atoms with van der Waals surface area (Å²) >= 11 is 0. The summed E-state index contributed by atoms with van der Waals surface area (Å²) in [6, 6.07) is 4.37. The summed E-state index contributed by atoms with van der Waals surface area (Å²) in [6.07, 6.45) is 0. The van der Waals surface area contributed by atoms with E-state index in [1.165, 1.54) is 12.1 Å². The number of hydrogen-bond donors (Lipinski definition) is 0. The highest BCUT2D eigenvalue weighted by Crippen LogP contribution is 2.28. The van der Waals surface area contributed by atoms with Crippen molar-refractivity contribution in [2.24, 2.45) is 0 Å². The van der Waals surface area contributed by atoms with Crippen molar-refractivity contribution < 1.29 is 13.5 Å². The molecule has 0 radical (unpaired) electrons. The number of benzene rings is 1. The number of halogens is 2. The lowest BCUT2D eigenvalue weighted by Crippen LogP contribution is -2.48. The maximum atomic E-state index is 13.9. The Morgan fingerprint density at radius 1 is 1.33 bits per heavy atom. The normalized spacial score (nSPS) is 18.5. The molecule has 0 amide bonds. The molecular formula is C13H14F2N2O. The third-order valence-corrected chi connectivity index (χ3v) is 2.95. The number of nitrogens with zero attached hydrogens (tertiary/aromatic N) is 2. The van der Waals surface area contributed by atoms with Gasteiger partial charge in [0.15, 0.2) is 11.6 Å². The predicted octanol–water partition coefficient (Wildman–Crippen LogP) is 2.45. The van der Waals surface area contributed by atoms with E-state index in [0.717, 1.165) is 0 Å². The maximum absolute atomic E-state index is 13.9. The quantitative estimate of drug-likeness (QED) is 0.770. The number of rotatable bonds is 1. The van der Waals surface area contributed by atoms with Crippen LogP contribution in [0, 0.1) is 23.0 Å². The summed E-state index contributed by atoms with van der Waals surface area (Å²) in [7, 11) is 0. The molecule has 96 valence electrons. The maximum Gasteiger partial charge on any atom is 0.183 e. The Labute approximate surface area is 105 Å². The van der Waals surface area contributed by atoms with Gasteiger partial charge in [0.2, 0.25) is 0 Å². The molecule has 3 nitrogen and oxygen atoms in total. The fourth-order valence-corrected chi connectivity index (χ4v) is 2.09. The minimum absolute atomic E-state index is 0.183. The fraction of sp³-hybridized carbons (Fsp3) is 0.462. The summed E-state index contributed by atoms with van der Waals surface area (Å²) in [5.74, 6) is -2.05. The molecule has 1 fully saturated rings. The zero-order valence-electron chi connectivity index (χ0n) is 10.3. The van der Waals surface area contributed by atoms with Crippen LogP contribution in [-0.2, 0) is 4.74 Å². The van der Waals surface area contributed by atoms with Crippen LogP contribution in [0.1, 0.15) is 19.4 Å². The smallest absolute Gasteiger partial charge is 0.183 e. The van der Waals surface area contributed by atoms with E-state index >= 15 is 0 Å². The van der Waals surface area contributed by atoms with Crippen molar-refractivity contribution in [3.63, 3.8) is 0 Å². The Bertz CT molecular complexity index is 508. The first kappa shape index (κ1) is 12.8. The van der Waals surface area contributed by atoms with Gasteiger partial charge in [0.05, 0.1) is 23.5 Å². The zero-order chi connectivity index (χ0) is 13.3. The van der Waals surface area contributed by atoms with Crippen LogP contribution in [0.4, 0.5) is 14.5 Å². The van der Waals surface area contributed by atoms with Crippen molar-refractivity contribution in [1.29, 1.82) is 5.26 Å². The van der Waals surface area contributed by atoms with Crippen molar-refractivity contribution in [2.75, 3.05) is 24.6 Å². The number of anilines is 1. The lowest BCUT2D eigenvalue weighted by Gasteiger charge is -2.39. The van der Waals surface area contributed by atoms with Gasteiger partial charge in [-0.2, -0.15) is 5.26 Å². The molecule has 0 N–H and O–H groups in total. The Morgan fingerprint density at radius 2 is 2.06 bits per heavy atom. The third-order valence-electron chi connectivity index (χ3n) is 2.95. The largest absolute Gasteiger partial charge is 0.372 e. The average molecular weight is 252 g/mol. The first-order valence-electron chi connectivity index (χ1n) is 5.71. The van der Waals surface area contributed by atoms with E-state index in [-0.39, 0.29) is 11.3 Å². The highest BCUT2D eigenvalue weighted by atomic mass is 19.2. The topological polar surface area (TPSA) is 36.3 Å². The molecule has 1 aromatic carbocycles. The van der Waals surface area contributed by atoms with Crippen LogP contribution in [0.3, 0.4) is 0 Å². The summed E-state index contributed by atoms with van der Waals surface area (Å²) in [5, 5.41) is 8.64. The fourth-order valence-electron chi connectivity index (χ4n) is 2.09. The second-order valence-electron chi connectivity index (χ2n) is 4.90. The van der Waals surface area contributed by atoms with Crippen LogP contribution in [0.5, 0.6) is 0 Å². The van der Waals surface area contributed by atoms with Gasteiger partial charge in [0.25, 0.3) is 0 Å². The molecule has 0 saturated carbocycles. The summed E-state index contributed by atoms with van der Waals surface area (Å²) < 4.78 is 33.0. The second-order valence-corrected chi connectivity index (χ2v) is 4.90. The minimum Gasteiger partial charge on any atom is -0.372 e. The zero-order valence-corrected chi connectivity index (χ0v) is 10.3. The average Bonchev–Trinajstić information content (AvgIpc) is 2.31. The number of morpholine rings is 1. The molecule has 1 aliphatic heterocycles. The molecule has 0 bridgehead atoms. The van der Waals surface area contributed by atoms with Gasteiger partial charge in [-0.1, -0.05) is 0 Å². The van der Waals surface area contributed by atoms with E-state index in [4.69, 9.17) is 10.00 Å². The number of hydrogen-bond acceptors (Lipinski definition) is 3. The van der Waals surface area contributed by atoms with Gasteiger partial charge in [-0.15, -0.1) is 0 Å². The van der Waals surface area contributed by atoms with Gasteiger partial charge < -0.3 is 9.64 Å². The number of nitriles is 1. The molecule has 2 rings (SSSR count). The van der Waals surface area contributed by atoms with Crippen molar-refractivity contribution in [3.8, 4) is 6.07 Å². The van der Waals surface area contributed by atoms with Gasteiger partial charge in [-0.05, 0) is 26.0 Å². The Kier molecular flexibility index (Phi) is 3.22. The third kappa shape index (κ3) is 2.29. The molecule has 1 aromatic rings. The van der Waals surface area contributed by atoms with Crippen LogP contribution < -0.4 is 4.90 Å². The molecule has 5 heteroatoms. The van der Waals surface area contributed by atoms with E-state index in [1.807, 2.05) is 13.8 Å². The van der Waals surface area contributed by atoms with E-state index in [0.29, 0.717) is 19.7 Å². The number of ether oxygens (including phenoxy) is 1. The second kappa shape index (κ2) is 4.54. The minimum atomic E-state index is -1.08. The van der Waals surface area contributed by atoms with Crippen LogP contribution >= 0.6 is 0 Å². The van der Waals surface area contributed by atoms with Crippen molar-refractivity contribution >= 4 is 5.69 Å². The standard InChI is InChI=1S/C13H14F2N2O/c1-13(2)8-17(5-6-18-13)10-4-3-9(7-16)11(14)12(10)15/h3-4H,5-6,8H2,1-2H3. The van der Waals surface area contributed by atoms with Crippen LogP contribution in [0.15, 0.2) is 12.1 Å². The van der Waals surface area contributed by atoms with Crippen LogP contribution in [0.2, 0.25) is 0 Å². The Hall–Kier alpha value is -1.67. The molecule has 18 heavy (non-hydrogen) atoms. The molecular weight excluding hydrogens is 238 g/mol. The van der Waals surface area contributed by atoms with E-state index in [9.17, 15) is 8.78 Å². The molecule has 1 aliphatic rings. The van der Waals surface area contributed by atoms with Crippen LogP contribution in [-0.4, -0.2) is 25.3 Å². The van der Waals surface area contributed by atoms with Gasteiger partial charge in [-0.3, -0.25) is 0 Å². The molecule has 0 spiro atoms. The van der Waals surface area contributed by atoms with Crippen molar-refractivity contribution in [1.82, 2.24) is 0 Å². The Balaban J connectivity index is 2.35. The monoisotopic (exact) mass is 252 g/mol. The first-order valence-corrected chi connectivity index (χ1v) is 5.71. The molecule has 1 saturated heterocycles.